The van der Waals surface area contributed by atoms with E-state index in [4.69, 9.17) is 0 Å². The summed E-state index contributed by atoms with van der Waals surface area (Å²) in [5.74, 6) is 0.540. The minimum absolute atomic E-state index is 0.540. The molecule has 0 amide bonds. The van der Waals surface area contributed by atoms with Crippen molar-refractivity contribution in [3.63, 3.8) is 0 Å². The van der Waals surface area contributed by atoms with Crippen molar-refractivity contribution in [1.82, 2.24) is 0 Å². The minimum Gasteiger partial charge on any atom is -0.384 e. The summed E-state index contributed by atoms with van der Waals surface area (Å²) in [7, 11) is 0. The van der Waals surface area contributed by atoms with Crippen LogP contribution in [0.2, 0.25) is 0 Å². The molecule has 1 aliphatic carbocycles. The molecule has 16 heavy (non-hydrogen) atoms. The van der Waals surface area contributed by atoms with Crippen LogP contribution in [0.15, 0.2) is 41.5 Å². The molecule has 0 fully saturated rings. The lowest BCUT2D eigenvalue weighted by Crippen LogP contribution is -2.22. The Labute approximate surface area is 97.8 Å². The Balaban J connectivity index is 2.27. The maximum atomic E-state index is 10.7. The molecule has 0 aromatic heterocycles. The molecule has 1 unspecified atom stereocenters. The fourth-order valence-corrected chi connectivity index (χ4v) is 2.73. The van der Waals surface area contributed by atoms with Gasteiger partial charge in [-0.2, -0.15) is 0 Å². The molecule has 1 N–H and O–H groups in total. The smallest absolute Gasteiger partial charge is 0.0970 e. The van der Waals surface area contributed by atoms with Gasteiger partial charge in [0.05, 0.1) is 5.60 Å². The van der Waals surface area contributed by atoms with Crippen molar-refractivity contribution < 1.29 is 5.11 Å². The zero-order chi connectivity index (χ0) is 11.8. The SMILES string of the molecule is CC1=C(C(C)C)CC(O)(c2ccccc2)C1. The predicted octanol–water partition coefficient (Wildman–Crippen LogP) is 3.64. The summed E-state index contributed by atoms with van der Waals surface area (Å²) < 4.78 is 0. The molecular weight excluding hydrogens is 196 g/mol. The van der Waals surface area contributed by atoms with Gasteiger partial charge in [-0.05, 0) is 18.4 Å². The molecule has 0 aliphatic heterocycles. The zero-order valence-corrected chi connectivity index (χ0v) is 10.3. The van der Waals surface area contributed by atoms with E-state index >= 15 is 0 Å². The lowest BCUT2D eigenvalue weighted by atomic mass is 9.88. The van der Waals surface area contributed by atoms with Crippen molar-refractivity contribution in [3.8, 4) is 0 Å². The van der Waals surface area contributed by atoms with Gasteiger partial charge in [0.2, 0.25) is 0 Å². The second-order valence-corrected chi connectivity index (χ2v) is 5.21. The van der Waals surface area contributed by atoms with E-state index in [0.717, 1.165) is 18.4 Å². The molecule has 1 aromatic carbocycles. The number of hydrogen-bond acceptors (Lipinski definition) is 1. The number of benzene rings is 1. The molecule has 0 spiro atoms. The monoisotopic (exact) mass is 216 g/mol. The maximum Gasteiger partial charge on any atom is 0.0970 e. The largest absolute Gasteiger partial charge is 0.384 e. The molecule has 86 valence electrons. The normalized spacial score (nSPS) is 25.6. The predicted molar refractivity (Wildman–Crippen MR) is 67.1 cm³/mol. The number of aliphatic hydroxyl groups is 1. The number of rotatable bonds is 2. The van der Waals surface area contributed by atoms with E-state index in [1.165, 1.54) is 11.1 Å². The second kappa shape index (κ2) is 4.06. The highest BCUT2D eigenvalue weighted by Crippen LogP contribution is 2.44. The fourth-order valence-electron chi connectivity index (χ4n) is 2.73. The van der Waals surface area contributed by atoms with Crippen LogP contribution in [0.3, 0.4) is 0 Å². The van der Waals surface area contributed by atoms with Crippen molar-refractivity contribution in [2.24, 2.45) is 5.92 Å². The van der Waals surface area contributed by atoms with Crippen molar-refractivity contribution in [3.05, 3.63) is 47.0 Å². The van der Waals surface area contributed by atoms with E-state index in [1.807, 2.05) is 30.3 Å². The van der Waals surface area contributed by atoms with Gasteiger partial charge in [-0.15, -0.1) is 0 Å². The van der Waals surface area contributed by atoms with Gasteiger partial charge in [0.15, 0.2) is 0 Å². The Bertz CT molecular complexity index is 403. The van der Waals surface area contributed by atoms with E-state index in [1.54, 1.807) is 0 Å². The van der Waals surface area contributed by atoms with E-state index in [-0.39, 0.29) is 0 Å². The summed E-state index contributed by atoms with van der Waals surface area (Å²) in [5.41, 5.74) is 3.17. The summed E-state index contributed by atoms with van der Waals surface area (Å²) in [6.45, 7) is 6.56. The van der Waals surface area contributed by atoms with E-state index in [2.05, 4.69) is 20.8 Å². The Kier molecular flexibility index (Phi) is 2.90. The summed E-state index contributed by atoms with van der Waals surface area (Å²) in [6, 6.07) is 10.0. The van der Waals surface area contributed by atoms with Gasteiger partial charge in [-0.1, -0.05) is 55.3 Å². The van der Waals surface area contributed by atoms with Crippen LogP contribution in [-0.2, 0) is 5.60 Å². The van der Waals surface area contributed by atoms with Crippen molar-refractivity contribution in [2.45, 2.75) is 39.2 Å². The standard InChI is InChI=1S/C15H20O/c1-11(2)14-10-15(16,9-12(14)3)13-7-5-4-6-8-13/h4-8,11,16H,9-10H2,1-3H3. The van der Waals surface area contributed by atoms with Crippen LogP contribution in [0.4, 0.5) is 0 Å². The molecule has 0 radical (unpaired) electrons. The third-order valence-corrected chi connectivity index (χ3v) is 3.60. The highest BCUT2D eigenvalue weighted by Gasteiger charge is 2.37. The molecule has 2 rings (SSSR count). The van der Waals surface area contributed by atoms with Crippen molar-refractivity contribution in [1.29, 1.82) is 0 Å². The van der Waals surface area contributed by atoms with Crippen molar-refractivity contribution >= 4 is 0 Å². The Hall–Kier alpha value is -1.08. The molecule has 0 saturated carbocycles. The average molecular weight is 216 g/mol. The molecular formula is C15H20O. The first-order chi connectivity index (χ1) is 7.53. The van der Waals surface area contributed by atoms with Crippen LogP contribution in [0.5, 0.6) is 0 Å². The maximum absolute atomic E-state index is 10.7. The van der Waals surface area contributed by atoms with E-state index in [0.29, 0.717) is 5.92 Å². The van der Waals surface area contributed by atoms with Gasteiger partial charge in [-0.3, -0.25) is 0 Å². The molecule has 0 heterocycles. The fraction of sp³-hybridized carbons (Fsp3) is 0.467. The Morgan fingerprint density at radius 3 is 2.25 bits per heavy atom. The highest BCUT2D eigenvalue weighted by molar-refractivity contribution is 5.34. The summed E-state index contributed by atoms with van der Waals surface area (Å²) >= 11 is 0. The van der Waals surface area contributed by atoms with Crippen LogP contribution in [0.1, 0.15) is 39.2 Å². The number of hydrogen-bond donors (Lipinski definition) is 1. The molecule has 0 bridgehead atoms. The van der Waals surface area contributed by atoms with Gasteiger partial charge in [-0.25, -0.2) is 0 Å². The van der Waals surface area contributed by atoms with Crippen LogP contribution in [0.25, 0.3) is 0 Å². The summed E-state index contributed by atoms with van der Waals surface area (Å²) in [5, 5.41) is 10.7. The quantitative estimate of drug-likeness (QED) is 0.748. The van der Waals surface area contributed by atoms with E-state index < -0.39 is 5.60 Å². The van der Waals surface area contributed by atoms with Crippen LogP contribution >= 0.6 is 0 Å². The Morgan fingerprint density at radius 1 is 1.12 bits per heavy atom. The van der Waals surface area contributed by atoms with Gasteiger partial charge in [0, 0.05) is 12.8 Å². The molecule has 0 saturated heterocycles. The van der Waals surface area contributed by atoms with Gasteiger partial charge >= 0.3 is 0 Å². The summed E-state index contributed by atoms with van der Waals surface area (Å²) in [6.07, 6.45) is 1.57. The molecule has 1 aliphatic rings. The molecule has 1 atom stereocenters. The topological polar surface area (TPSA) is 20.2 Å². The zero-order valence-electron chi connectivity index (χ0n) is 10.3. The highest BCUT2D eigenvalue weighted by atomic mass is 16.3. The van der Waals surface area contributed by atoms with Crippen LogP contribution < -0.4 is 0 Å². The molecule has 1 nitrogen and oxygen atoms in total. The van der Waals surface area contributed by atoms with Crippen LogP contribution in [-0.4, -0.2) is 5.11 Å². The van der Waals surface area contributed by atoms with E-state index in [9.17, 15) is 5.11 Å². The lowest BCUT2D eigenvalue weighted by Gasteiger charge is -2.24. The summed E-state index contributed by atoms with van der Waals surface area (Å²) in [4.78, 5) is 0. The average Bonchev–Trinajstić information content (AvgIpc) is 2.57. The minimum atomic E-state index is -0.662. The molecule has 1 aromatic rings. The Morgan fingerprint density at radius 2 is 1.75 bits per heavy atom. The van der Waals surface area contributed by atoms with Gasteiger partial charge in [0.25, 0.3) is 0 Å². The third kappa shape index (κ3) is 1.92. The van der Waals surface area contributed by atoms with Crippen molar-refractivity contribution in [2.75, 3.05) is 0 Å². The lowest BCUT2D eigenvalue weighted by molar-refractivity contribution is 0.0465. The first-order valence-corrected chi connectivity index (χ1v) is 5.99. The first-order valence-electron chi connectivity index (χ1n) is 5.99. The molecule has 1 heteroatoms. The van der Waals surface area contributed by atoms with Crippen LogP contribution in [0, 0.1) is 5.92 Å². The third-order valence-electron chi connectivity index (χ3n) is 3.60. The second-order valence-electron chi connectivity index (χ2n) is 5.21. The first kappa shape index (κ1) is 11.4. The van der Waals surface area contributed by atoms with Gasteiger partial charge < -0.3 is 5.11 Å². The van der Waals surface area contributed by atoms with Gasteiger partial charge in [0.1, 0.15) is 0 Å².